The fraction of sp³-hybridized carbons (Fsp3) is 0.529. The van der Waals surface area contributed by atoms with Crippen LogP contribution < -0.4 is 0 Å². The normalized spacial score (nSPS) is 19.9. The number of benzene rings is 1. The molecule has 2 atom stereocenters. The Morgan fingerprint density at radius 2 is 2.22 bits per heavy atom. The van der Waals surface area contributed by atoms with Gasteiger partial charge in [0.25, 0.3) is 0 Å². The fourth-order valence-corrected chi connectivity index (χ4v) is 2.95. The third-order valence-corrected chi connectivity index (χ3v) is 4.53. The summed E-state index contributed by atoms with van der Waals surface area (Å²) in [6.45, 7) is 3.81. The SMILES string of the molecule is CC(c1nnc(-c2cccc(Cl)c2)o1)N(C)CC1CCCCO1. The Balaban J connectivity index is 1.66. The zero-order chi connectivity index (χ0) is 16.2. The number of nitrogens with zero attached hydrogens (tertiary/aromatic N) is 3. The van der Waals surface area contributed by atoms with Gasteiger partial charge < -0.3 is 9.15 Å². The molecule has 0 amide bonds. The number of hydrogen-bond acceptors (Lipinski definition) is 5. The molecule has 1 fully saturated rings. The molecule has 3 rings (SSSR count). The average molecular weight is 336 g/mol. The number of rotatable bonds is 5. The van der Waals surface area contributed by atoms with E-state index in [0.717, 1.165) is 25.1 Å². The zero-order valence-corrected chi connectivity index (χ0v) is 14.3. The highest BCUT2D eigenvalue weighted by Gasteiger charge is 2.23. The first-order chi connectivity index (χ1) is 11.1. The van der Waals surface area contributed by atoms with E-state index >= 15 is 0 Å². The van der Waals surface area contributed by atoms with Gasteiger partial charge in [0.1, 0.15) is 0 Å². The second-order valence-corrected chi connectivity index (χ2v) is 6.50. The van der Waals surface area contributed by atoms with Crippen molar-refractivity contribution in [1.29, 1.82) is 0 Å². The molecular formula is C17H22ClN3O2. The van der Waals surface area contributed by atoms with Crippen molar-refractivity contribution in [3.05, 3.63) is 35.2 Å². The summed E-state index contributed by atoms with van der Waals surface area (Å²) in [7, 11) is 2.06. The summed E-state index contributed by atoms with van der Waals surface area (Å²) in [5, 5.41) is 8.99. The summed E-state index contributed by atoms with van der Waals surface area (Å²) in [6, 6.07) is 7.47. The minimum atomic E-state index is 0.0426. The Morgan fingerprint density at radius 3 is 2.96 bits per heavy atom. The molecule has 1 aromatic heterocycles. The lowest BCUT2D eigenvalue weighted by atomic mass is 10.1. The van der Waals surface area contributed by atoms with Gasteiger partial charge in [-0.25, -0.2) is 0 Å². The van der Waals surface area contributed by atoms with Crippen LogP contribution in [0, 0.1) is 0 Å². The van der Waals surface area contributed by atoms with Crippen LogP contribution in [0.1, 0.15) is 38.1 Å². The summed E-state index contributed by atoms with van der Waals surface area (Å²) in [6.07, 6.45) is 3.83. The van der Waals surface area contributed by atoms with Crippen molar-refractivity contribution in [2.45, 2.75) is 38.3 Å². The van der Waals surface area contributed by atoms with Crippen LogP contribution in [0.25, 0.3) is 11.5 Å². The molecule has 2 aromatic rings. The van der Waals surface area contributed by atoms with Gasteiger partial charge in [-0.2, -0.15) is 0 Å². The first-order valence-corrected chi connectivity index (χ1v) is 8.42. The molecule has 23 heavy (non-hydrogen) atoms. The zero-order valence-electron chi connectivity index (χ0n) is 13.5. The van der Waals surface area contributed by atoms with E-state index in [1.54, 1.807) is 0 Å². The van der Waals surface area contributed by atoms with Crippen molar-refractivity contribution in [2.24, 2.45) is 0 Å². The van der Waals surface area contributed by atoms with Gasteiger partial charge in [-0.05, 0) is 51.4 Å². The fourth-order valence-electron chi connectivity index (χ4n) is 2.76. The number of aromatic nitrogens is 2. The smallest absolute Gasteiger partial charge is 0.247 e. The van der Waals surface area contributed by atoms with Crippen molar-refractivity contribution in [1.82, 2.24) is 15.1 Å². The standard InChI is InChI=1S/C17H22ClN3O2/c1-12(21(2)11-15-8-3-4-9-22-15)16-19-20-17(23-16)13-6-5-7-14(18)10-13/h5-7,10,12,15H,3-4,8-9,11H2,1-2H3. The van der Waals surface area contributed by atoms with E-state index in [2.05, 4.69) is 29.1 Å². The molecule has 1 aliphatic heterocycles. The van der Waals surface area contributed by atoms with Crippen LogP contribution in [-0.2, 0) is 4.74 Å². The molecule has 0 radical (unpaired) electrons. The molecule has 0 saturated carbocycles. The van der Waals surface area contributed by atoms with Crippen LogP contribution in [0.2, 0.25) is 5.02 Å². The Morgan fingerprint density at radius 1 is 1.35 bits per heavy atom. The lowest BCUT2D eigenvalue weighted by Crippen LogP contribution is -2.35. The average Bonchev–Trinajstić information content (AvgIpc) is 3.05. The Hall–Kier alpha value is -1.43. The van der Waals surface area contributed by atoms with E-state index in [1.807, 2.05) is 24.3 Å². The Labute approximate surface area is 141 Å². The molecule has 2 unspecified atom stereocenters. The Kier molecular flexibility index (Phi) is 5.30. The van der Waals surface area contributed by atoms with E-state index in [9.17, 15) is 0 Å². The minimum absolute atomic E-state index is 0.0426. The van der Waals surface area contributed by atoms with Gasteiger partial charge in [0.2, 0.25) is 11.8 Å². The summed E-state index contributed by atoms with van der Waals surface area (Å²) >= 11 is 6.01. The highest BCUT2D eigenvalue weighted by atomic mass is 35.5. The second-order valence-electron chi connectivity index (χ2n) is 6.06. The highest BCUT2D eigenvalue weighted by Crippen LogP contribution is 2.25. The lowest BCUT2D eigenvalue weighted by Gasteiger charge is -2.29. The topological polar surface area (TPSA) is 51.4 Å². The highest BCUT2D eigenvalue weighted by molar-refractivity contribution is 6.30. The molecule has 5 nitrogen and oxygen atoms in total. The van der Waals surface area contributed by atoms with E-state index in [-0.39, 0.29) is 6.04 Å². The van der Waals surface area contributed by atoms with Crippen molar-refractivity contribution in [2.75, 3.05) is 20.2 Å². The van der Waals surface area contributed by atoms with Gasteiger partial charge >= 0.3 is 0 Å². The molecule has 0 spiro atoms. The van der Waals surface area contributed by atoms with Crippen LogP contribution >= 0.6 is 11.6 Å². The van der Waals surface area contributed by atoms with Crippen LogP contribution in [0.5, 0.6) is 0 Å². The largest absolute Gasteiger partial charge is 0.419 e. The van der Waals surface area contributed by atoms with E-state index < -0.39 is 0 Å². The molecule has 1 saturated heterocycles. The summed E-state index contributed by atoms with van der Waals surface area (Å²) < 4.78 is 11.6. The van der Waals surface area contributed by atoms with Crippen molar-refractivity contribution in [3.8, 4) is 11.5 Å². The molecule has 1 aliphatic rings. The van der Waals surface area contributed by atoms with Crippen LogP contribution in [0.3, 0.4) is 0 Å². The summed E-state index contributed by atoms with van der Waals surface area (Å²) in [5.74, 6) is 1.11. The third-order valence-electron chi connectivity index (χ3n) is 4.30. The molecule has 124 valence electrons. The predicted molar refractivity (Wildman–Crippen MR) is 89.4 cm³/mol. The number of halogens is 1. The van der Waals surface area contributed by atoms with Crippen molar-refractivity contribution < 1.29 is 9.15 Å². The molecule has 1 aromatic carbocycles. The minimum Gasteiger partial charge on any atom is -0.419 e. The van der Waals surface area contributed by atoms with Gasteiger partial charge in [-0.15, -0.1) is 10.2 Å². The maximum Gasteiger partial charge on any atom is 0.247 e. The third kappa shape index (κ3) is 4.10. The molecule has 6 heteroatoms. The van der Waals surface area contributed by atoms with Gasteiger partial charge in [0.05, 0.1) is 12.1 Å². The number of ether oxygens (including phenoxy) is 1. The van der Waals surface area contributed by atoms with E-state index in [4.69, 9.17) is 20.8 Å². The first-order valence-electron chi connectivity index (χ1n) is 8.04. The second kappa shape index (κ2) is 7.43. The number of hydrogen-bond donors (Lipinski definition) is 0. The van der Waals surface area contributed by atoms with Gasteiger partial charge in [-0.1, -0.05) is 17.7 Å². The van der Waals surface area contributed by atoms with E-state index in [0.29, 0.717) is 22.9 Å². The molecule has 0 bridgehead atoms. The van der Waals surface area contributed by atoms with Gasteiger partial charge in [0.15, 0.2) is 0 Å². The Bertz CT molecular complexity index is 640. The molecule has 2 heterocycles. The van der Waals surface area contributed by atoms with Gasteiger partial charge in [0, 0.05) is 23.7 Å². The quantitative estimate of drug-likeness (QED) is 0.828. The molecular weight excluding hydrogens is 314 g/mol. The summed E-state index contributed by atoms with van der Waals surface area (Å²) in [4.78, 5) is 2.20. The van der Waals surface area contributed by atoms with Gasteiger partial charge in [-0.3, -0.25) is 4.90 Å². The van der Waals surface area contributed by atoms with Crippen LogP contribution in [0.15, 0.2) is 28.7 Å². The van der Waals surface area contributed by atoms with Crippen LogP contribution in [0.4, 0.5) is 0 Å². The van der Waals surface area contributed by atoms with Crippen molar-refractivity contribution in [3.63, 3.8) is 0 Å². The molecule has 0 N–H and O–H groups in total. The maximum atomic E-state index is 6.01. The first kappa shape index (κ1) is 16.4. The molecule has 0 aliphatic carbocycles. The van der Waals surface area contributed by atoms with Crippen molar-refractivity contribution >= 4 is 11.6 Å². The summed E-state index contributed by atoms with van der Waals surface area (Å²) in [5.41, 5.74) is 0.835. The van der Waals surface area contributed by atoms with E-state index in [1.165, 1.54) is 12.8 Å². The lowest BCUT2D eigenvalue weighted by molar-refractivity contribution is -0.00880. The maximum absolute atomic E-state index is 6.01. The number of likely N-dealkylation sites (N-methyl/N-ethyl adjacent to an activating group) is 1. The van der Waals surface area contributed by atoms with Crippen LogP contribution in [-0.4, -0.2) is 41.4 Å². The monoisotopic (exact) mass is 335 g/mol. The predicted octanol–water partition coefficient (Wildman–Crippen LogP) is 3.95.